The minimum atomic E-state index is -5.39. The van der Waals surface area contributed by atoms with Gasteiger partial charge in [-0.3, -0.25) is 0 Å². The van der Waals surface area contributed by atoms with Crippen LogP contribution in [-0.4, -0.2) is 53.0 Å². The molecule has 0 amide bonds. The maximum absolute atomic E-state index is 9.53. The van der Waals surface area contributed by atoms with Gasteiger partial charge in [-0.1, -0.05) is 41.5 Å². The summed E-state index contributed by atoms with van der Waals surface area (Å²) in [5.41, 5.74) is 0. The van der Waals surface area contributed by atoms with Crippen LogP contribution in [0, 0.1) is 0 Å². The van der Waals surface area contributed by atoms with Crippen LogP contribution in [0.2, 0.25) is 0 Å². The molecule has 0 spiro atoms. The monoisotopic (exact) mass is 326 g/mol. The first-order valence-corrected chi connectivity index (χ1v) is 6.36. The zero-order valence-corrected chi connectivity index (χ0v) is 15.4. The fraction of sp³-hybridized carbons (Fsp3) is 1.00. The standard InChI is InChI=1S/3C3H7O.2Al.H3O4P/c3*1-3(2)4;;;1-5(2,3)4/h3*3H,1-2H3;;;(H3,1,2,3,4)/q3*-1;2*+3;/p-3. The van der Waals surface area contributed by atoms with Gasteiger partial charge in [0.25, 0.3) is 0 Å². The molecule has 0 saturated carbocycles. The van der Waals surface area contributed by atoms with Crippen LogP contribution < -0.4 is 30.0 Å². The maximum atomic E-state index is 9.53. The van der Waals surface area contributed by atoms with E-state index in [1.54, 1.807) is 41.5 Å². The summed E-state index contributed by atoms with van der Waals surface area (Å²) in [7, 11) is -5.39. The van der Waals surface area contributed by atoms with Gasteiger partial charge in [-0.15, -0.1) is 18.3 Å². The van der Waals surface area contributed by atoms with E-state index in [1.807, 2.05) is 0 Å². The summed E-state index contributed by atoms with van der Waals surface area (Å²) in [5.74, 6) is 0. The molecule has 0 heterocycles. The minimum Gasteiger partial charge on any atom is -0.852 e. The van der Waals surface area contributed by atoms with Crippen molar-refractivity contribution < 1.29 is 34.6 Å². The molecule has 0 bridgehead atoms. The van der Waals surface area contributed by atoms with Gasteiger partial charge in [0.15, 0.2) is 0 Å². The number of phosphoric acid groups is 1. The second-order valence-corrected chi connectivity index (χ2v) is 4.49. The van der Waals surface area contributed by atoms with Gasteiger partial charge in [-0.05, 0) is 0 Å². The van der Waals surface area contributed by atoms with E-state index in [9.17, 15) is 15.3 Å². The van der Waals surface area contributed by atoms with Crippen LogP contribution in [-0.2, 0) is 4.57 Å². The summed E-state index contributed by atoms with van der Waals surface area (Å²) in [6.07, 6.45) is -1.25. The van der Waals surface area contributed by atoms with Crippen LogP contribution in [0.3, 0.4) is 0 Å². The van der Waals surface area contributed by atoms with E-state index in [1.165, 1.54) is 0 Å². The predicted octanol–water partition coefficient (Wildman–Crippen LogP) is -4.32. The van der Waals surface area contributed by atoms with Crippen LogP contribution >= 0.6 is 7.82 Å². The Bertz CT molecular complexity index is 143. The van der Waals surface area contributed by atoms with E-state index in [4.69, 9.17) is 19.2 Å². The molecule has 0 fully saturated rings. The SMILES string of the molecule is CC(C)[O-].CC(C)[O-].CC(C)[O-].O=P([O-])([O-])[O-].[Al+3].[Al+3]. The average molecular weight is 326 g/mol. The van der Waals surface area contributed by atoms with E-state index < -0.39 is 26.1 Å². The summed E-state index contributed by atoms with van der Waals surface area (Å²) >= 11 is 0. The second kappa shape index (κ2) is 24.1. The third-order valence-corrected chi connectivity index (χ3v) is 0. The van der Waals surface area contributed by atoms with E-state index in [0.717, 1.165) is 0 Å². The molecule has 0 unspecified atom stereocenters. The maximum Gasteiger partial charge on any atom is 3.00 e. The van der Waals surface area contributed by atoms with Crippen molar-refractivity contribution in [3.63, 3.8) is 0 Å². The molecule has 19 heavy (non-hydrogen) atoms. The van der Waals surface area contributed by atoms with Crippen LogP contribution in [0.4, 0.5) is 0 Å². The van der Waals surface area contributed by atoms with Gasteiger partial charge >= 0.3 is 34.7 Å². The fourth-order valence-electron chi connectivity index (χ4n) is 0. The van der Waals surface area contributed by atoms with Crippen LogP contribution in [0.5, 0.6) is 0 Å². The first-order chi connectivity index (χ1) is 7.20. The molecule has 0 saturated heterocycles. The molecule has 0 aromatic rings. The number of rotatable bonds is 0. The van der Waals surface area contributed by atoms with E-state index >= 15 is 0 Å². The van der Waals surface area contributed by atoms with Crippen molar-refractivity contribution >= 4 is 42.5 Å². The predicted molar refractivity (Wildman–Crippen MR) is 64.5 cm³/mol. The van der Waals surface area contributed by atoms with Gasteiger partial charge in [0.05, 0.1) is 0 Å². The van der Waals surface area contributed by atoms with Crippen molar-refractivity contribution in [2.24, 2.45) is 0 Å². The first kappa shape index (κ1) is 36.9. The summed E-state index contributed by atoms with van der Waals surface area (Å²) in [4.78, 5) is 25.6. The van der Waals surface area contributed by atoms with Crippen molar-refractivity contribution in [2.75, 3.05) is 0 Å². The number of hydrogen-bond acceptors (Lipinski definition) is 7. The van der Waals surface area contributed by atoms with Gasteiger partial charge in [0.2, 0.25) is 0 Å². The third-order valence-electron chi connectivity index (χ3n) is 0. The number of hydrogen-bond donors (Lipinski definition) is 0. The molecule has 0 atom stereocenters. The molecule has 10 heteroatoms. The molecular formula is C9H21Al2O7P. The fourth-order valence-corrected chi connectivity index (χ4v) is 0. The molecule has 0 rings (SSSR count). The Labute approximate surface area is 137 Å². The molecular weight excluding hydrogens is 305 g/mol. The van der Waals surface area contributed by atoms with Gasteiger partial charge in [-0.2, -0.15) is 7.82 Å². The normalized spacial score (nSPS) is 8.79. The summed E-state index contributed by atoms with van der Waals surface area (Å²) in [5, 5.41) is 28.6. The van der Waals surface area contributed by atoms with Crippen LogP contribution in [0.25, 0.3) is 0 Å². The van der Waals surface area contributed by atoms with Gasteiger partial charge in [0.1, 0.15) is 0 Å². The summed E-state index contributed by atoms with van der Waals surface area (Å²) in [6.45, 7) is 9.67. The molecule has 7 nitrogen and oxygen atoms in total. The third kappa shape index (κ3) is 4980. The molecule has 0 aromatic carbocycles. The minimum absolute atomic E-state index is 0. The molecule has 0 radical (unpaired) electrons. The molecule has 0 aliphatic carbocycles. The second-order valence-electron chi connectivity index (χ2n) is 3.59. The van der Waals surface area contributed by atoms with Crippen LogP contribution in [0.1, 0.15) is 41.5 Å². The molecule has 110 valence electrons. The van der Waals surface area contributed by atoms with Crippen molar-refractivity contribution in [3.05, 3.63) is 0 Å². The quantitative estimate of drug-likeness (QED) is 0.322. The topological polar surface area (TPSA) is 155 Å². The smallest absolute Gasteiger partial charge is 0.852 e. The zero-order valence-electron chi connectivity index (χ0n) is 12.2. The Hall–Kier alpha value is 1.05. The van der Waals surface area contributed by atoms with Gasteiger partial charge in [0, 0.05) is 0 Å². The zero-order chi connectivity index (χ0) is 15.2. The van der Waals surface area contributed by atoms with Crippen molar-refractivity contribution in [1.29, 1.82) is 0 Å². The molecule has 0 aliphatic heterocycles. The van der Waals surface area contributed by atoms with Crippen LogP contribution in [0.15, 0.2) is 0 Å². The first-order valence-electron chi connectivity index (χ1n) is 4.90. The Morgan fingerprint density at radius 1 is 0.632 bits per heavy atom. The van der Waals surface area contributed by atoms with E-state index in [2.05, 4.69) is 0 Å². The van der Waals surface area contributed by atoms with E-state index in [-0.39, 0.29) is 34.7 Å². The van der Waals surface area contributed by atoms with Gasteiger partial charge in [-0.25, -0.2) is 0 Å². The molecule has 0 N–H and O–H groups in total. The Morgan fingerprint density at radius 2 is 0.632 bits per heavy atom. The largest absolute Gasteiger partial charge is 3.00 e. The molecule has 0 aromatic heterocycles. The molecule has 0 aliphatic rings. The Kier molecular flexibility index (Phi) is 46.8. The average Bonchev–Trinajstić information content (AvgIpc) is 1.73. The van der Waals surface area contributed by atoms with Crippen molar-refractivity contribution in [1.82, 2.24) is 0 Å². The van der Waals surface area contributed by atoms with Crippen molar-refractivity contribution in [2.45, 2.75) is 59.9 Å². The summed E-state index contributed by atoms with van der Waals surface area (Å²) in [6, 6.07) is 0. The van der Waals surface area contributed by atoms with Crippen molar-refractivity contribution in [3.8, 4) is 0 Å². The Balaban J connectivity index is -0.0000000288. The Morgan fingerprint density at radius 3 is 0.632 bits per heavy atom. The van der Waals surface area contributed by atoms with E-state index in [0.29, 0.717) is 0 Å². The van der Waals surface area contributed by atoms with Gasteiger partial charge < -0.3 is 34.6 Å². The summed E-state index contributed by atoms with van der Waals surface area (Å²) < 4.78 is 8.55.